The predicted molar refractivity (Wildman–Crippen MR) is 126 cm³/mol. The Kier molecular flexibility index (Phi) is 4.23. The van der Waals surface area contributed by atoms with Crippen molar-refractivity contribution >= 4 is 50.4 Å². The minimum atomic E-state index is 0.0534. The van der Waals surface area contributed by atoms with E-state index in [4.69, 9.17) is 16.2 Å². The maximum Gasteiger partial charge on any atom is 0.138 e. The highest BCUT2D eigenvalue weighted by Crippen LogP contribution is 2.51. The lowest BCUT2D eigenvalue weighted by atomic mass is 9.86. The fraction of sp³-hybridized carbons (Fsp3) is 0.348. The van der Waals surface area contributed by atoms with E-state index in [2.05, 4.69) is 66.1 Å². The summed E-state index contributed by atoms with van der Waals surface area (Å²) in [5.41, 5.74) is 15.2. The summed E-state index contributed by atoms with van der Waals surface area (Å²) >= 11 is 3.44. The van der Waals surface area contributed by atoms with Gasteiger partial charge in [-0.2, -0.15) is 0 Å². The Hall–Kier alpha value is -2.71. The Balaban J connectivity index is 1.25. The number of nitrogens with zero attached hydrogens (tertiary/aromatic N) is 4. The molecule has 0 radical (unpaired) electrons. The molecular formula is C23H23BrN6O. The van der Waals surface area contributed by atoms with Crippen LogP contribution >= 0.6 is 15.9 Å². The molecule has 0 spiro atoms. The van der Waals surface area contributed by atoms with Gasteiger partial charge in [0.25, 0.3) is 0 Å². The first-order valence-corrected chi connectivity index (χ1v) is 11.3. The molecule has 2 aromatic heterocycles. The van der Waals surface area contributed by atoms with Crippen molar-refractivity contribution in [3.63, 3.8) is 0 Å². The number of ether oxygens (including phenoxy) is 1. The highest BCUT2D eigenvalue weighted by molar-refractivity contribution is 9.10. The molecule has 1 aromatic carbocycles. The molecule has 0 unspecified atom stereocenters. The molecule has 2 aliphatic heterocycles. The van der Waals surface area contributed by atoms with Gasteiger partial charge in [0.1, 0.15) is 23.8 Å². The number of hydrogen-bond donors (Lipinski definition) is 2. The summed E-state index contributed by atoms with van der Waals surface area (Å²) in [6.07, 6.45) is 9.32. The predicted octanol–water partition coefficient (Wildman–Crippen LogP) is 3.58. The van der Waals surface area contributed by atoms with Crippen LogP contribution in [0.1, 0.15) is 24.0 Å². The lowest BCUT2D eigenvalue weighted by Crippen LogP contribution is -2.43. The molecule has 1 aliphatic carbocycles. The number of nitrogen functional groups attached to an aromatic ring is 2. The molecule has 4 N–H and O–H groups in total. The van der Waals surface area contributed by atoms with E-state index in [1.807, 2.05) is 6.07 Å². The first-order chi connectivity index (χ1) is 15.0. The van der Waals surface area contributed by atoms with E-state index in [9.17, 15) is 0 Å². The van der Waals surface area contributed by atoms with E-state index < -0.39 is 0 Å². The Morgan fingerprint density at radius 3 is 2.97 bits per heavy atom. The molecule has 3 atom stereocenters. The van der Waals surface area contributed by atoms with Crippen molar-refractivity contribution in [2.24, 2.45) is 5.41 Å². The SMILES string of the molecule is Nc1nc2cc(/C=C/[C@]34CO[C@H](C3)[C@H](N3CCc5c(N)ncnc53)C4)ccc2cc1Br. The van der Waals surface area contributed by atoms with Crippen molar-refractivity contribution < 1.29 is 4.74 Å². The monoisotopic (exact) mass is 478 g/mol. The molecular weight excluding hydrogens is 456 g/mol. The maximum atomic E-state index is 6.21. The second kappa shape index (κ2) is 6.90. The number of benzene rings is 1. The fourth-order valence-corrected chi connectivity index (χ4v) is 5.67. The average Bonchev–Trinajstić information content (AvgIpc) is 3.47. The Morgan fingerprint density at radius 1 is 1.16 bits per heavy atom. The standard InChI is InChI=1S/C23H23BrN6O/c24-16-8-14-2-1-13(7-17(14)29-21(16)26)3-5-23-9-18(19(10-23)31-11-23)30-6-4-15-20(25)27-12-28-22(15)30/h1-3,5,7-8,12,18-19H,4,6,9-11H2,(H2,26,29)(H2,25,27,28)/b5-3+/t18-,19-,23-/m1/s1. The Morgan fingerprint density at radius 2 is 2.06 bits per heavy atom. The van der Waals surface area contributed by atoms with Gasteiger partial charge in [-0.3, -0.25) is 0 Å². The highest BCUT2D eigenvalue weighted by Gasteiger charge is 2.53. The fourth-order valence-electron chi connectivity index (χ4n) is 5.34. The van der Waals surface area contributed by atoms with Crippen molar-refractivity contribution in [3.05, 3.63) is 52.3 Å². The third-order valence-corrected chi connectivity index (χ3v) is 7.56. The molecule has 2 fully saturated rings. The van der Waals surface area contributed by atoms with Crippen LogP contribution in [0.3, 0.4) is 0 Å². The summed E-state index contributed by atoms with van der Waals surface area (Å²) in [5.74, 6) is 2.09. The van der Waals surface area contributed by atoms with Gasteiger partial charge in [0.15, 0.2) is 0 Å². The van der Waals surface area contributed by atoms with Gasteiger partial charge in [-0.1, -0.05) is 24.3 Å². The largest absolute Gasteiger partial charge is 0.383 e. The number of nitrogens with two attached hydrogens (primary N) is 2. The van der Waals surface area contributed by atoms with Gasteiger partial charge in [0.05, 0.1) is 28.7 Å². The summed E-state index contributed by atoms with van der Waals surface area (Å²) in [5, 5.41) is 1.07. The number of rotatable bonds is 3. The first kappa shape index (κ1) is 19.0. The molecule has 3 aliphatic rings. The number of aromatic nitrogens is 3. The van der Waals surface area contributed by atoms with Gasteiger partial charge in [-0.15, -0.1) is 0 Å². The van der Waals surface area contributed by atoms with Crippen LogP contribution in [0.5, 0.6) is 0 Å². The topological polar surface area (TPSA) is 103 Å². The molecule has 1 saturated carbocycles. The van der Waals surface area contributed by atoms with Crippen molar-refractivity contribution in [1.29, 1.82) is 0 Å². The van der Waals surface area contributed by atoms with Crippen LogP contribution in [-0.4, -0.2) is 40.2 Å². The molecule has 158 valence electrons. The minimum absolute atomic E-state index is 0.0534. The molecule has 6 rings (SSSR count). The van der Waals surface area contributed by atoms with E-state index in [0.717, 1.165) is 64.7 Å². The lowest BCUT2D eigenvalue weighted by Gasteiger charge is -2.34. The van der Waals surface area contributed by atoms with Crippen LogP contribution in [0.2, 0.25) is 0 Å². The molecule has 31 heavy (non-hydrogen) atoms. The third kappa shape index (κ3) is 3.08. The van der Waals surface area contributed by atoms with Crippen LogP contribution in [-0.2, 0) is 11.2 Å². The van der Waals surface area contributed by atoms with E-state index in [1.54, 1.807) is 6.33 Å². The molecule has 8 heteroatoms. The smallest absolute Gasteiger partial charge is 0.138 e. The van der Waals surface area contributed by atoms with Crippen LogP contribution in [0.4, 0.5) is 17.5 Å². The second-order valence-electron chi connectivity index (χ2n) is 8.83. The Bertz CT molecular complexity index is 1230. The van der Waals surface area contributed by atoms with Gasteiger partial charge in [-0.25, -0.2) is 15.0 Å². The first-order valence-electron chi connectivity index (χ1n) is 10.5. The van der Waals surface area contributed by atoms with Crippen molar-refractivity contribution in [1.82, 2.24) is 15.0 Å². The number of anilines is 3. The molecule has 1 saturated heterocycles. The van der Waals surface area contributed by atoms with Gasteiger partial charge in [0, 0.05) is 22.9 Å². The Labute approximate surface area is 188 Å². The summed E-state index contributed by atoms with van der Waals surface area (Å²) in [6.45, 7) is 1.69. The summed E-state index contributed by atoms with van der Waals surface area (Å²) in [6, 6.07) is 8.62. The van der Waals surface area contributed by atoms with Gasteiger partial charge >= 0.3 is 0 Å². The zero-order chi connectivity index (χ0) is 21.2. The van der Waals surface area contributed by atoms with Crippen molar-refractivity contribution in [2.45, 2.75) is 31.4 Å². The highest BCUT2D eigenvalue weighted by atomic mass is 79.9. The van der Waals surface area contributed by atoms with E-state index in [-0.39, 0.29) is 11.5 Å². The van der Waals surface area contributed by atoms with Crippen LogP contribution < -0.4 is 16.4 Å². The molecule has 4 heterocycles. The minimum Gasteiger partial charge on any atom is -0.383 e. The lowest BCUT2D eigenvalue weighted by molar-refractivity contribution is 0.0468. The zero-order valence-corrected chi connectivity index (χ0v) is 18.5. The molecule has 0 amide bonds. The quantitative estimate of drug-likeness (QED) is 0.592. The molecule has 3 aromatic rings. The van der Waals surface area contributed by atoms with Gasteiger partial charge < -0.3 is 21.1 Å². The van der Waals surface area contributed by atoms with Crippen LogP contribution in [0, 0.1) is 5.41 Å². The van der Waals surface area contributed by atoms with Crippen LogP contribution in [0.25, 0.3) is 17.0 Å². The van der Waals surface area contributed by atoms with Crippen molar-refractivity contribution in [2.75, 3.05) is 29.5 Å². The normalized spacial score (nSPS) is 26.9. The summed E-state index contributed by atoms with van der Waals surface area (Å²) in [7, 11) is 0. The number of fused-ring (bicyclic) bond motifs is 4. The number of halogens is 1. The van der Waals surface area contributed by atoms with Gasteiger partial charge in [-0.05, 0) is 52.9 Å². The van der Waals surface area contributed by atoms with E-state index >= 15 is 0 Å². The van der Waals surface area contributed by atoms with Crippen molar-refractivity contribution in [3.8, 4) is 0 Å². The van der Waals surface area contributed by atoms with E-state index in [1.165, 1.54) is 0 Å². The summed E-state index contributed by atoms with van der Waals surface area (Å²) < 4.78 is 7.03. The average molecular weight is 479 g/mol. The van der Waals surface area contributed by atoms with Gasteiger partial charge in [0.2, 0.25) is 0 Å². The number of hydrogen-bond acceptors (Lipinski definition) is 7. The third-order valence-electron chi connectivity index (χ3n) is 6.92. The molecule has 2 bridgehead atoms. The van der Waals surface area contributed by atoms with E-state index in [0.29, 0.717) is 17.7 Å². The maximum absolute atomic E-state index is 6.21. The molecule has 7 nitrogen and oxygen atoms in total. The number of pyridine rings is 1. The second-order valence-corrected chi connectivity index (χ2v) is 9.69. The zero-order valence-electron chi connectivity index (χ0n) is 17.0. The summed E-state index contributed by atoms with van der Waals surface area (Å²) in [4.78, 5) is 15.6. The van der Waals surface area contributed by atoms with Crippen LogP contribution in [0.15, 0.2) is 41.1 Å².